The Morgan fingerprint density at radius 3 is 2.38 bits per heavy atom. The minimum absolute atomic E-state index is 0. The minimum Gasteiger partial charge on any atom is -0.779 e. The summed E-state index contributed by atoms with van der Waals surface area (Å²) in [7, 11) is 0. The zero-order chi connectivity index (χ0) is 10.7. The van der Waals surface area contributed by atoms with E-state index in [9.17, 15) is 0 Å². The van der Waals surface area contributed by atoms with Crippen LogP contribution in [0.5, 0.6) is 0 Å². The smallest absolute Gasteiger partial charge is 0.779 e. The Bertz CT molecular complexity index is 323. The molecule has 0 aromatic heterocycles. The number of hydrogen-bond donors (Lipinski definition) is 0. The zero-order valence-electron chi connectivity index (χ0n) is 9.58. The normalized spacial score (nSPS) is 18.8. The van der Waals surface area contributed by atoms with Crippen LogP contribution in [-0.4, -0.2) is 18.0 Å². The van der Waals surface area contributed by atoms with Crippen molar-refractivity contribution in [2.45, 2.75) is 37.1 Å². The van der Waals surface area contributed by atoms with Gasteiger partial charge in [0.25, 0.3) is 0 Å². The molecule has 0 saturated carbocycles. The molecule has 1 fully saturated rings. The van der Waals surface area contributed by atoms with Crippen LogP contribution in [0.25, 0.3) is 0 Å². The maximum Gasteiger partial charge on any atom is 1.00 e. The maximum atomic E-state index is 5.37. The van der Waals surface area contributed by atoms with E-state index in [2.05, 4.69) is 24.0 Å². The monoisotopic (exact) mass is 283 g/mol. The van der Waals surface area contributed by atoms with Gasteiger partial charge in [0, 0.05) is 6.04 Å². The van der Waals surface area contributed by atoms with E-state index in [1.54, 1.807) is 0 Å². The third-order valence-electron chi connectivity index (χ3n) is 3.31. The molecule has 0 radical (unpaired) electrons. The fourth-order valence-corrected chi connectivity index (χ4v) is 2.65. The molecule has 1 aromatic carbocycles. The predicted molar refractivity (Wildman–Crippen MR) is 65.9 cm³/mol. The van der Waals surface area contributed by atoms with Gasteiger partial charge in [-0.15, -0.1) is 0 Å². The van der Waals surface area contributed by atoms with Crippen molar-refractivity contribution in [1.29, 1.82) is 0 Å². The van der Waals surface area contributed by atoms with E-state index < -0.39 is 0 Å². The minimum atomic E-state index is 0. The molecule has 0 unspecified atom stereocenters. The number of likely N-dealkylation sites (tertiary alicyclic amines) is 1. The first-order valence-electron chi connectivity index (χ1n) is 5.79. The van der Waals surface area contributed by atoms with Crippen LogP contribution in [0.2, 0.25) is 0 Å². The number of nitrogens with zero attached hydrogens (tertiary/aromatic N) is 1. The van der Waals surface area contributed by atoms with Gasteiger partial charge < -0.3 is 12.6 Å². The Hall–Kier alpha value is -0.0805. The molecule has 0 aliphatic carbocycles. The first kappa shape index (κ1) is 14.0. The summed E-state index contributed by atoms with van der Waals surface area (Å²) in [6.07, 6.45) is 4.06. The summed E-state index contributed by atoms with van der Waals surface area (Å²) in [5.41, 5.74) is 1.31. The van der Waals surface area contributed by atoms with Gasteiger partial charge in [0.05, 0.1) is 0 Å². The standard InChI is InChI=1S/C13H19NS.Cu/c1-11(14-9-5-2-6-10-14)12-7-3-4-8-13(12)15;/h3-4,7-8,11,15H,2,5-6,9-10H2,1H3;/q;+1/p-1/t11-;/m1./s1. The molecule has 92 valence electrons. The summed E-state index contributed by atoms with van der Waals surface area (Å²) in [5.74, 6) is 0. The van der Waals surface area contributed by atoms with Gasteiger partial charge in [-0.1, -0.05) is 36.2 Å². The Morgan fingerprint density at radius 1 is 1.12 bits per heavy atom. The molecule has 1 aliphatic heterocycles. The molecular formula is C13H18CuNS. The van der Waals surface area contributed by atoms with Crippen LogP contribution in [0.4, 0.5) is 0 Å². The van der Waals surface area contributed by atoms with Crippen LogP contribution in [0, 0.1) is 0 Å². The van der Waals surface area contributed by atoms with Gasteiger partial charge >= 0.3 is 17.1 Å². The number of benzene rings is 1. The summed E-state index contributed by atoms with van der Waals surface area (Å²) >= 11 is 5.37. The first-order valence-corrected chi connectivity index (χ1v) is 6.20. The third kappa shape index (κ3) is 3.21. The van der Waals surface area contributed by atoms with E-state index in [1.165, 1.54) is 37.9 Å². The first-order chi connectivity index (χ1) is 7.29. The predicted octanol–water partition coefficient (Wildman–Crippen LogP) is 3.14. The Labute approximate surface area is 114 Å². The van der Waals surface area contributed by atoms with Crippen LogP contribution in [0.15, 0.2) is 29.2 Å². The summed E-state index contributed by atoms with van der Waals surface area (Å²) in [4.78, 5) is 3.56. The Morgan fingerprint density at radius 2 is 1.75 bits per heavy atom. The van der Waals surface area contributed by atoms with E-state index in [0.717, 1.165) is 4.90 Å². The van der Waals surface area contributed by atoms with Crippen LogP contribution < -0.4 is 0 Å². The van der Waals surface area contributed by atoms with E-state index in [-0.39, 0.29) is 17.1 Å². The van der Waals surface area contributed by atoms with Gasteiger partial charge in [0.2, 0.25) is 0 Å². The second-order valence-electron chi connectivity index (χ2n) is 4.31. The molecule has 0 N–H and O–H groups in total. The molecule has 0 bridgehead atoms. The maximum absolute atomic E-state index is 5.37. The van der Waals surface area contributed by atoms with Crippen LogP contribution >= 0.6 is 0 Å². The summed E-state index contributed by atoms with van der Waals surface area (Å²) in [5, 5.41) is 0. The molecule has 1 aromatic rings. The van der Waals surface area contributed by atoms with Crippen molar-refractivity contribution in [3.63, 3.8) is 0 Å². The Balaban J connectivity index is 0.00000128. The van der Waals surface area contributed by atoms with Crippen molar-refractivity contribution in [1.82, 2.24) is 4.90 Å². The average Bonchev–Trinajstić information content (AvgIpc) is 2.30. The van der Waals surface area contributed by atoms with E-state index in [1.807, 2.05) is 12.1 Å². The average molecular weight is 284 g/mol. The van der Waals surface area contributed by atoms with Gasteiger partial charge in [-0.05, 0) is 32.9 Å². The molecule has 2 rings (SSSR count). The van der Waals surface area contributed by atoms with Crippen molar-refractivity contribution in [2.24, 2.45) is 0 Å². The largest absolute Gasteiger partial charge is 1.00 e. The van der Waals surface area contributed by atoms with Crippen LogP contribution in [-0.2, 0) is 29.7 Å². The molecule has 16 heavy (non-hydrogen) atoms. The summed E-state index contributed by atoms with van der Waals surface area (Å²) in [6.45, 7) is 4.73. The number of rotatable bonds is 2. The van der Waals surface area contributed by atoms with Crippen LogP contribution in [0.3, 0.4) is 0 Å². The van der Waals surface area contributed by atoms with Gasteiger partial charge in [-0.3, -0.25) is 4.90 Å². The molecule has 1 atom stereocenters. The van der Waals surface area contributed by atoms with E-state index in [0.29, 0.717) is 6.04 Å². The fraction of sp³-hybridized carbons (Fsp3) is 0.538. The van der Waals surface area contributed by atoms with Gasteiger partial charge in [-0.2, -0.15) is 4.90 Å². The second kappa shape index (κ2) is 6.61. The van der Waals surface area contributed by atoms with E-state index in [4.69, 9.17) is 12.6 Å². The molecule has 1 heterocycles. The Kier molecular flexibility index (Phi) is 5.77. The molecular weight excluding hydrogens is 266 g/mol. The molecule has 0 amide bonds. The molecule has 1 saturated heterocycles. The van der Waals surface area contributed by atoms with Gasteiger partial charge in [0.1, 0.15) is 0 Å². The van der Waals surface area contributed by atoms with E-state index >= 15 is 0 Å². The second-order valence-corrected chi connectivity index (χ2v) is 4.75. The number of hydrogen-bond acceptors (Lipinski definition) is 2. The van der Waals surface area contributed by atoms with Gasteiger partial charge in [-0.25, -0.2) is 0 Å². The van der Waals surface area contributed by atoms with Crippen molar-refractivity contribution >= 4 is 12.6 Å². The fourth-order valence-electron chi connectivity index (χ4n) is 2.33. The SMILES string of the molecule is C[C@H](c1ccccc1[S-])N1CCCCC1.[Cu+]. The zero-order valence-corrected chi connectivity index (χ0v) is 11.3. The molecule has 0 spiro atoms. The number of piperidine rings is 1. The van der Waals surface area contributed by atoms with Gasteiger partial charge in [0.15, 0.2) is 0 Å². The van der Waals surface area contributed by atoms with Crippen molar-refractivity contribution < 1.29 is 17.1 Å². The molecule has 3 heteroatoms. The summed E-state index contributed by atoms with van der Waals surface area (Å²) < 4.78 is 0. The van der Waals surface area contributed by atoms with Crippen molar-refractivity contribution in [3.05, 3.63) is 29.8 Å². The topological polar surface area (TPSA) is 3.24 Å². The third-order valence-corrected chi connectivity index (χ3v) is 3.68. The quantitative estimate of drug-likeness (QED) is 0.606. The van der Waals surface area contributed by atoms with Crippen molar-refractivity contribution in [2.75, 3.05) is 13.1 Å². The van der Waals surface area contributed by atoms with Crippen molar-refractivity contribution in [3.8, 4) is 0 Å². The summed E-state index contributed by atoms with van der Waals surface area (Å²) in [6, 6.07) is 8.80. The molecule has 1 nitrogen and oxygen atoms in total. The van der Waals surface area contributed by atoms with Crippen LogP contribution in [0.1, 0.15) is 37.8 Å². The molecule has 1 aliphatic rings.